The fourth-order valence-corrected chi connectivity index (χ4v) is 2.62. The van der Waals surface area contributed by atoms with E-state index in [0.29, 0.717) is 6.54 Å². The van der Waals surface area contributed by atoms with Crippen LogP contribution in [-0.4, -0.2) is 30.4 Å². The molecule has 2 rings (SSSR count). The number of halogens is 1. The molecule has 0 saturated carbocycles. The highest BCUT2D eigenvalue weighted by Gasteiger charge is 2.15. The normalized spacial score (nSPS) is 18.3. The lowest BCUT2D eigenvalue weighted by molar-refractivity contribution is -0.122. The Kier molecular flexibility index (Phi) is 5.53. The largest absolute Gasteiger partial charge is 0.348 e. The van der Waals surface area contributed by atoms with Gasteiger partial charge >= 0.3 is 0 Å². The summed E-state index contributed by atoms with van der Waals surface area (Å²) >= 11 is 0. The van der Waals surface area contributed by atoms with Gasteiger partial charge in [0, 0.05) is 0 Å². The number of hydrogen-bond acceptors (Lipinski definition) is 2. The molecule has 0 aromatic heterocycles. The van der Waals surface area contributed by atoms with Gasteiger partial charge in [0.1, 0.15) is 5.82 Å². The highest BCUT2D eigenvalue weighted by molar-refractivity contribution is 5.78. The molecule has 1 aliphatic heterocycles. The van der Waals surface area contributed by atoms with Gasteiger partial charge < -0.3 is 5.32 Å². The Bertz CT molecular complexity index is 425. The molecule has 1 aromatic carbocycles. The third-order valence-electron chi connectivity index (χ3n) is 3.81. The van der Waals surface area contributed by atoms with Crippen molar-refractivity contribution in [2.75, 3.05) is 19.6 Å². The van der Waals surface area contributed by atoms with Crippen LogP contribution < -0.4 is 5.32 Å². The molecule has 1 aromatic rings. The van der Waals surface area contributed by atoms with Crippen LogP contribution in [0.4, 0.5) is 4.39 Å². The Morgan fingerprint density at radius 1 is 1.20 bits per heavy atom. The molecule has 1 unspecified atom stereocenters. The minimum atomic E-state index is -0.253. The topological polar surface area (TPSA) is 32.3 Å². The van der Waals surface area contributed by atoms with Gasteiger partial charge in [-0.2, -0.15) is 0 Å². The Labute approximate surface area is 120 Å². The van der Waals surface area contributed by atoms with E-state index in [-0.39, 0.29) is 17.8 Å². The molecule has 3 nitrogen and oxygen atoms in total. The van der Waals surface area contributed by atoms with Crippen molar-refractivity contribution in [3.63, 3.8) is 0 Å². The third kappa shape index (κ3) is 4.60. The molecule has 4 heteroatoms. The van der Waals surface area contributed by atoms with E-state index < -0.39 is 0 Å². The van der Waals surface area contributed by atoms with Gasteiger partial charge in [-0.1, -0.05) is 25.0 Å². The van der Waals surface area contributed by atoms with Crippen molar-refractivity contribution >= 4 is 5.91 Å². The summed E-state index contributed by atoms with van der Waals surface area (Å²) in [5, 5.41) is 2.98. The molecule has 1 fully saturated rings. The van der Waals surface area contributed by atoms with Gasteiger partial charge in [-0.15, -0.1) is 0 Å². The van der Waals surface area contributed by atoms with Crippen LogP contribution >= 0.6 is 0 Å². The fourth-order valence-electron chi connectivity index (χ4n) is 2.62. The summed E-state index contributed by atoms with van der Waals surface area (Å²) in [7, 11) is 0. The Morgan fingerprint density at radius 2 is 1.80 bits per heavy atom. The van der Waals surface area contributed by atoms with Gasteiger partial charge in [0.05, 0.1) is 12.6 Å². The zero-order chi connectivity index (χ0) is 14.4. The van der Waals surface area contributed by atoms with E-state index in [0.717, 1.165) is 18.7 Å². The first kappa shape index (κ1) is 15.0. The molecule has 1 atom stereocenters. The number of benzene rings is 1. The molecule has 1 saturated heterocycles. The summed E-state index contributed by atoms with van der Waals surface area (Å²) in [5.41, 5.74) is 0.926. The maximum Gasteiger partial charge on any atom is 0.234 e. The highest BCUT2D eigenvalue weighted by Crippen LogP contribution is 2.13. The van der Waals surface area contributed by atoms with Crippen LogP contribution in [0.3, 0.4) is 0 Å². The van der Waals surface area contributed by atoms with Crippen molar-refractivity contribution in [2.24, 2.45) is 0 Å². The molecule has 1 N–H and O–H groups in total. The van der Waals surface area contributed by atoms with Crippen molar-refractivity contribution in [3.05, 3.63) is 35.6 Å². The number of nitrogens with zero attached hydrogens (tertiary/aromatic N) is 1. The highest BCUT2D eigenvalue weighted by atomic mass is 19.1. The van der Waals surface area contributed by atoms with Crippen molar-refractivity contribution < 1.29 is 9.18 Å². The third-order valence-corrected chi connectivity index (χ3v) is 3.81. The minimum Gasteiger partial charge on any atom is -0.348 e. The van der Waals surface area contributed by atoms with Crippen molar-refractivity contribution in [1.82, 2.24) is 10.2 Å². The van der Waals surface area contributed by atoms with Crippen LogP contribution in [0.25, 0.3) is 0 Å². The van der Waals surface area contributed by atoms with Crippen LogP contribution in [0, 0.1) is 5.82 Å². The van der Waals surface area contributed by atoms with Gasteiger partial charge in [0.15, 0.2) is 0 Å². The predicted octanol–water partition coefficient (Wildman–Crippen LogP) is 2.88. The van der Waals surface area contributed by atoms with Gasteiger partial charge in [0.25, 0.3) is 0 Å². The maximum atomic E-state index is 12.9. The van der Waals surface area contributed by atoms with E-state index in [2.05, 4.69) is 10.2 Å². The van der Waals surface area contributed by atoms with E-state index in [1.807, 2.05) is 6.92 Å². The number of carbonyl (C=O) groups is 1. The first-order valence-corrected chi connectivity index (χ1v) is 7.42. The second kappa shape index (κ2) is 7.39. The quantitative estimate of drug-likeness (QED) is 0.918. The Hall–Kier alpha value is -1.42. The van der Waals surface area contributed by atoms with Crippen LogP contribution in [-0.2, 0) is 4.79 Å². The summed E-state index contributed by atoms with van der Waals surface area (Å²) in [6.07, 6.45) is 4.90. The lowest BCUT2D eigenvalue weighted by Gasteiger charge is -2.21. The van der Waals surface area contributed by atoms with E-state index in [4.69, 9.17) is 0 Å². The number of likely N-dealkylation sites (tertiary alicyclic amines) is 1. The number of carbonyl (C=O) groups excluding carboxylic acids is 1. The first-order valence-electron chi connectivity index (χ1n) is 7.42. The van der Waals surface area contributed by atoms with Gasteiger partial charge in [-0.25, -0.2) is 4.39 Å². The van der Waals surface area contributed by atoms with Crippen LogP contribution in [0.2, 0.25) is 0 Å². The number of nitrogens with one attached hydrogen (secondary N) is 1. The summed E-state index contributed by atoms with van der Waals surface area (Å²) < 4.78 is 12.9. The molecule has 110 valence electrons. The van der Waals surface area contributed by atoms with E-state index in [1.165, 1.54) is 37.8 Å². The monoisotopic (exact) mass is 278 g/mol. The second-order valence-electron chi connectivity index (χ2n) is 5.53. The molecular formula is C16H23FN2O. The Balaban J connectivity index is 1.82. The van der Waals surface area contributed by atoms with Gasteiger partial charge in [-0.3, -0.25) is 9.69 Å². The van der Waals surface area contributed by atoms with Crippen LogP contribution in [0.5, 0.6) is 0 Å². The SMILES string of the molecule is CC(NC(=O)CN1CCCCCC1)c1ccc(F)cc1. The Morgan fingerprint density at radius 3 is 2.40 bits per heavy atom. The zero-order valence-corrected chi connectivity index (χ0v) is 12.1. The molecule has 20 heavy (non-hydrogen) atoms. The summed E-state index contributed by atoms with van der Waals surface area (Å²) in [6.45, 7) is 4.41. The molecule has 0 spiro atoms. The molecular weight excluding hydrogens is 255 g/mol. The van der Waals surface area contributed by atoms with Crippen molar-refractivity contribution in [3.8, 4) is 0 Å². The summed E-state index contributed by atoms with van der Waals surface area (Å²) in [6, 6.07) is 6.19. The zero-order valence-electron chi connectivity index (χ0n) is 12.1. The van der Waals surface area contributed by atoms with Crippen LogP contribution in [0.15, 0.2) is 24.3 Å². The standard InChI is InChI=1S/C16H23FN2O/c1-13(14-6-8-15(17)9-7-14)18-16(20)12-19-10-4-2-3-5-11-19/h6-9,13H,2-5,10-12H2,1H3,(H,18,20). The maximum absolute atomic E-state index is 12.9. The number of amides is 1. The lowest BCUT2D eigenvalue weighted by Crippen LogP contribution is -2.38. The predicted molar refractivity (Wildman–Crippen MR) is 77.9 cm³/mol. The smallest absolute Gasteiger partial charge is 0.234 e. The summed E-state index contributed by atoms with van der Waals surface area (Å²) in [5.74, 6) is -0.208. The average Bonchev–Trinajstić information content (AvgIpc) is 2.68. The van der Waals surface area contributed by atoms with Gasteiger partial charge in [0.2, 0.25) is 5.91 Å². The fraction of sp³-hybridized carbons (Fsp3) is 0.562. The van der Waals surface area contributed by atoms with Gasteiger partial charge in [-0.05, 0) is 50.6 Å². The first-order chi connectivity index (χ1) is 9.65. The van der Waals surface area contributed by atoms with E-state index >= 15 is 0 Å². The number of rotatable bonds is 4. The van der Waals surface area contributed by atoms with E-state index in [9.17, 15) is 9.18 Å². The van der Waals surface area contributed by atoms with Crippen LogP contribution in [0.1, 0.15) is 44.2 Å². The van der Waals surface area contributed by atoms with Crippen molar-refractivity contribution in [2.45, 2.75) is 38.6 Å². The average molecular weight is 278 g/mol. The molecule has 0 radical (unpaired) electrons. The molecule has 0 bridgehead atoms. The molecule has 1 heterocycles. The second-order valence-corrected chi connectivity index (χ2v) is 5.53. The lowest BCUT2D eigenvalue weighted by atomic mass is 10.1. The minimum absolute atomic E-state index is 0.0451. The molecule has 1 amide bonds. The van der Waals surface area contributed by atoms with E-state index in [1.54, 1.807) is 12.1 Å². The van der Waals surface area contributed by atoms with Crippen molar-refractivity contribution in [1.29, 1.82) is 0 Å². The molecule has 1 aliphatic rings. The molecule has 0 aliphatic carbocycles. The summed E-state index contributed by atoms with van der Waals surface area (Å²) in [4.78, 5) is 14.3. The number of hydrogen-bond donors (Lipinski definition) is 1.